The van der Waals surface area contributed by atoms with Crippen molar-refractivity contribution in [1.82, 2.24) is 10.2 Å². The van der Waals surface area contributed by atoms with E-state index in [1.54, 1.807) is 61.5 Å². The molecule has 1 N–H and O–H groups in total. The maximum atomic E-state index is 13.9. The molecule has 0 fully saturated rings. The van der Waals surface area contributed by atoms with Crippen molar-refractivity contribution in [2.45, 2.75) is 52.2 Å². The van der Waals surface area contributed by atoms with Crippen LogP contribution >= 0.6 is 23.2 Å². The quantitative estimate of drug-likeness (QED) is 0.243. The second kappa shape index (κ2) is 14.6. The van der Waals surface area contributed by atoms with Crippen LogP contribution in [0, 0.1) is 0 Å². The smallest absolute Gasteiger partial charge is 0.244 e. The monoisotopic (exact) mass is 619 g/mol. The lowest BCUT2D eigenvalue weighted by Crippen LogP contribution is -2.53. The summed E-state index contributed by atoms with van der Waals surface area (Å²) in [4.78, 5) is 28.5. The largest absolute Gasteiger partial charge is 0.457 e. The fraction of sp³-hybridized carbons (Fsp3) is 0.333. The molecular weight excluding hydrogens is 585 g/mol. The number of ether oxygens (including phenoxy) is 1. The molecule has 0 saturated carbocycles. The molecular formula is C30H35Cl2N3O5S. The molecule has 2 atom stereocenters. The first-order valence-corrected chi connectivity index (χ1v) is 15.9. The van der Waals surface area contributed by atoms with Crippen molar-refractivity contribution < 1.29 is 22.7 Å². The zero-order chi connectivity index (χ0) is 30.2. The summed E-state index contributed by atoms with van der Waals surface area (Å²) >= 11 is 12.5. The van der Waals surface area contributed by atoms with Gasteiger partial charge in [-0.1, -0.05) is 61.3 Å². The summed E-state index contributed by atoms with van der Waals surface area (Å²) in [5, 5.41) is 3.70. The topological polar surface area (TPSA) is 96.0 Å². The Morgan fingerprint density at radius 1 is 0.927 bits per heavy atom. The Morgan fingerprint density at radius 3 is 2.12 bits per heavy atom. The molecule has 0 unspecified atom stereocenters. The zero-order valence-corrected chi connectivity index (χ0v) is 25.8. The van der Waals surface area contributed by atoms with E-state index in [4.69, 9.17) is 27.9 Å². The van der Waals surface area contributed by atoms with E-state index in [1.807, 2.05) is 32.0 Å². The number of anilines is 1. The number of nitrogens with zero attached hydrogens (tertiary/aromatic N) is 2. The summed E-state index contributed by atoms with van der Waals surface area (Å²) in [7, 11) is -3.88. The summed E-state index contributed by atoms with van der Waals surface area (Å²) in [6, 6.07) is 19.5. The van der Waals surface area contributed by atoms with Gasteiger partial charge in [0.25, 0.3) is 0 Å². The van der Waals surface area contributed by atoms with Crippen molar-refractivity contribution >= 4 is 50.7 Å². The Kier molecular flexibility index (Phi) is 11.5. The van der Waals surface area contributed by atoms with E-state index >= 15 is 0 Å². The van der Waals surface area contributed by atoms with Crippen molar-refractivity contribution in [3.8, 4) is 11.5 Å². The number of nitrogens with one attached hydrogen (secondary N) is 1. The van der Waals surface area contributed by atoms with Crippen molar-refractivity contribution in [2.75, 3.05) is 17.1 Å². The van der Waals surface area contributed by atoms with E-state index in [1.165, 1.54) is 4.90 Å². The Labute approximate surface area is 252 Å². The van der Waals surface area contributed by atoms with Gasteiger partial charge in [0, 0.05) is 22.6 Å². The number of amides is 2. The van der Waals surface area contributed by atoms with Gasteiger partial charge in [-0.25, -0.2) is 8.42 Å². The number of halogens is 2. The third-order valence-electron chi connectivity index (χ3n) is 6.53. The molecule has 220 valence electrons. The third kappa shape index (κ3) is 9.11. The summed E-state index contributed by atoms with van der Waals surface area (Å²) in [5.41, 5.74) is 0.857. The highest BCUT2D eigenvalue weighted by molar-refractivity contribution is 7.92. The van der Waals surface area contributed by atoms with Crippen molar-refractivity contribution in [1.29, 1.82) is 0 Å². The second-order valence-electron chi connectivity index (χ2n) is 9.68. The molecule has 3 aromatic carbocycles. The fourth-order valence-electron chi connectivity index (χ4n) is 4.11. The minimum atomic E-state index is -3.88. The van der Waals surface area contributed by atoms with E-state index in [0.717, 1.165) is 10.6 Å². The van der Waals surface area contributed by atoms with Crippen LogP contribution in [0.2, 0.25) is 10.0 Å². The van der Waals surface area contributed by atoms with Crippen LogP contribution in [-0.4, -0.2) is 50.0 Å². The minimum absolute atomic E-state index is 0.0112. The van der Waals surface area contributed by atoms with Gasteiger partial charge in [-0.15, -0.1) is 0 Å². The zero-order valence-electron chi connectivity index (χ0n) is 23.5. The summed E-state index contributed by atoms with van der Waals surface area (Å²) in [6.45, 7) is 5.09. The molecule has 3 rings (SSSR count). The van der Waals surface area contributed by atoms with Crippen LogP contribution < -0.4 is 14.4 Å². The maximum Gasteiger partial charge on any atom is 0.244 e. The number of carbonyl (C=O) groups excluding carboxylic acids is 2. The molecule has 8 nitrogen and oxygen atoms in total. The number of para-hydroxylation sites is 1. The molecule has 0 bridgehead atoms. The Hall–Kier alpha value is -3.27. The highest BCUT2D eigenvalue weighted by Gasteiger charge is 2.32. The number of hydrogen-bond donors (Lipinski definition) is 1. The SMILES string of the molecule is CC[C@H](C(=O)N[C@@H](C)CC)N(Cc1ccc(Cl)cc1Cl)C(=O)CN(c1ccc(Oc2ccccc2)cc1)S(C)(=O)=O. The summed E-state index contributed by atoms with van der Waals surface area (Å²) in [6.07, 6.45) is 2.05. The maximum absolute atomic E-state index is 13.9. The predicted octanol–water partition coefficient (Wildman–Crippen LogP) is 6.27. The standard InChI is InChI=1S/C30H35Cl2N3O5S/c1-5-21(3)33-30(37)28(6-2)34(19-22-12-13-23(31)18-27(22)32)29(36)20-35(41(4,38)39)24-14-16-26(17-15-24)40-25-10-8-7-9-11-25/h7-18,21,28H,5-6,19-20H2,1-4H3,(H,33,37)/t21-,28+/m0/s1. The van der Waals surface area contributed by atoms with Crippen molar-refractivity contribution in [3.05, 3.63) is 88.4 Å². The summed E-state index contributed by atoms with van der Waals surface area (Å²) in [5.74, 6) is 0.255. The van der Waals surface area contributed by atoms with Crippen LogP contribution in [0.3, 0.4) is 0 Å². The number of benzene rings is 3. The molecule has 0 aliphatic rings. The van der Waals surface area contributed by atoms with Gasteiger partial charge < -0.3 is 15.0 Å². The second-order valence-corrected chi connectivity index (χ2v) is 12.4. The van der Waals surface area contributed by atoms with E-state index in [9.17, 15) is 18.0 Å². The molecule has 41 heavy (non-hydrogen) atoms. The minimum Gasteiger partial charge on any atom is -0.457 e. The Balaban J connectivity index is 1.92. The van der Waals surface area contributed by atoms with E-state index in [-0.39, 0.29) is 24.2 Å². The van der Waals surface area contributed by atoms with Gasteiger partial charge >= 0.3 is 0 Å². The first-order valence-electron chi connectivity index (χ1n) is 13.3. The highest BCUT2D eigenvalue weighted by atomic mass is 35.5. The lowest BCUT2D eigenvalue weighted by atomic mass is 10.1. The molecule has 3 aromatic rings. The average molecular weight is 621 g/mol. The molecule has 0 aliphatic heterocycles. The Bertz CT molecular complexity index is 1440. The van der Waals surface area contributed by atoms with Gasteiger partial charge in [-0.05, 0) is 73.9 Å². The number of sulfonamides is 1. The first kappa shape index (κ1) is 32.2. The molecule has 0 aromatic heterocycles. The van der Waals surface area contributed by atoms with Gasteiger partial charge in [0.2, 0.25) is 21.8 Å². The number of hydrogen-bond acceptors (Lipinski definition) is 5. The normalized spacial score (nSPS) is 12.7. The van der Waals surface area contributed by atoms with Crippen LogP contribution in [0.25, 0.3) is 0 Å². The van der Waals surface area contributed by atoms with Gasteiger partial charge in [0.05, 0.1) is 11.9 Å². The van der Waals surface area contributed by atoms with Gasteiger partial charge in [0.15, 0.2) is 0 Å². The molecule has 11 heteroatoms. The molecule has 0 aliphatic carbocycles. The average Bonchev–Trinajstić information content (AvgIpc) is 2.93. The third-order valence-corrected chi connectivity index (χ3v) is 8.25. The van der Waals surface area contributed by atoms with Gasteiger partial charge in [-0.3, -0.25) is 13.9 Å². The van der Waals surface area contributed by atoms with E-state index in [2.05, 4.69) is 5.32 Å². The van der Waals surface area contributed by atoms with E-state index in [0.29, 0.717) is 39.9 Å². The molecule has 0 heterocycles. The summed E-state index contributed by atoms with van der Waals surface area (Å²) < 4.78 is 32.6. The van der Waals surface area contributed by atoms with Gasteiger partial charge in [0.1, 0.15) is 24.1 Å². The lowest BCUT2D eigenvalue weighted by Gasteiger charge is -2.33. The van der Waals surface area contributed by atoms with Crippen molar-refractivity contribution in [3.63, 3.8) is 0 Å². The lowest BCUT2D eigenvalue weighted by molar-refractivity contribution is -0.140. The molecule has 0 radical (unpaired) electrons. The molecule has 0 saturated heterocycles. The highest BCUT2D eigenvalue weighted by Crippen LogP contribution is 2.27. The number of carbonyl (C=O) groups is 2. The van der Waals surface area contributed by atoms with Crippen molar-refractivity contribution in [2.24, 2.45) is 0 Å². The van der Waals surface area contributed by atoms with Crippen LogP contribution in [0.1, 0.15) is 39.2 Å². The van der Waals surface area contributed by atoms with Crippen LogP contribution in [0.5, 0.6) is 11.5 Å². The van der Waals surface area contributed by atoms with Crippen LogP contribution in [-0.2, 0) is 26.2 Å². The Morgan fingerprint density at radius 2 is 1.56 bits per heavy atom. The molecule has 2 amide bonds. The van der Waals surface area contributed by atoms with E-state index < -0.39 is 28.5 Å². The first-order chi connectivity index (χ1) is 19.4. The van der Waals surface area contributed by atoms with Crippen LogP contribution in [0.4, 0.5) is 5.69 Å². The molecule has 0 spiro atoms. The predicted molar refractivity (Wildman–Crippen MR) is 164 cm³/mol. The fourth-order valence-corrected chi connectivity index (χ4v) is 5.43. The number of rotatable bonds is 13. The van der Waals surface area contributed by atoms with Gasteiger partial charge in [-0.2, -0.15) is 0 Å². The van der Waals surface area contributed by atoms with Crippen LogP contribution in [0.15, 0.2) is 72.8 Å².